The van der Waals surface area contributed by atoms with Gasteiger partial charge in [-0.05, 0) is 67.2 Å². The molecule has 1 fully saturated rings. The largest absolute Gasteiger partial charge is 0.492 e. The SMILES string of the molecule is CC(C)(C)NCc1ccc(OCCC2CCCO2)c(Br)c1. The van der Waals surface area contributed by atoms with Crippen LogP contribution < -0.4 is 10.1 Å². The molecule has 4 heteroatoms. The van der Waals surface area contributed by atoms with E-state index in [0.29, 0.717) is 12.7 Å². The van der Waals surface area contributed by atoms with Crippen LogP contribution in [-0.2, 0) is 11.3 Å². The lowest BCUT2D eigenvalue weighted by Gasteiger charge is -2.21. The van der Waals surface area contributed by atoms with Crippen molar-refractivity contribution >= 4 is 15.9 Å². The van der Waals surface area contributed by atoms with Gasteiger partial charge in [-0.15, -0.1) is 0 Å². The van der Waals surface area contributed by atoms with E-state index in [1.807, 2.05) is 6.07 Å². The molecule has 0 radical (unpaired) electrons. The van der Waals surface area contributed by atoms with Crippen molar-refractivity contribution in [1.29, 1.82) is 0 Å². The first-order chi connectivity index (χ1) is 9.94. The zero-order chi connectivity index (χ0) is 15.3. The first kappa shape index (κ1) is 16.8. The molecule has 1 atom stereocenters. The van der Waals surface area contributed by atoms with E-state index in [4.69, 9.17) is 9.47 Å². The predicted molar refractivity (Wildman–Crippen MR) is 89.8 cm³/mol. The van der Waals surface area contributed by atoms with Crippen molar-refractivity contribution < 1.29 is 9.47 Å². The van der Waals surface area contributed by atoms with Gasteiger partial charge in [-0.1, -0.05) is 6.07 Å². The molecule has 1 aromatic rings. The van der Waals surface area contributed by atoms with Crippen molar-refractivity contribution in [2.45, 2.75) is 58.2 Å². The molecule has 1 saturated heterocycles. The molecule has 0 spiro atoms. The van der Waals surface area contributed by atoms with Crippen LogP contribution in [0, 0.1) is 0 Å². The first-order valence-electron chi connectivity index (χ1n) is 7.72. The maximum Gasteiger partial charge on any atom is 0.133 e. The molecule has 3 nitrogen and oxygen atoms in total. The molecule has 1 heterocycles. The highest BCUT2D eigenvalue weighted by molar-refractivity contribution is 9.10. The summed E-state index contributed by atoms with van der Waals surface area (Å²) in [5.41, 5.74) is 1.38. The highest BCUT2D eigenvalue weighted by Crippen LogP contribution is 2.27. The average Bonchev–Trinajstić information content (AvgIpc) is 2.91. The summed E-state index contributed by atoms with van der Waals surface area (Å²) in [4.78, 5) is 0. The van der Waals surface area contributed by atoms with Gasteiger partial charge >= 0.3 is 0 Å². The summed E-state index contributed by atoms with van der Waals surface area (Å²) < 4.78 is 12.5. The van der Waals surface area contributed by atoms with Gasteiger partial charge in [0.15, 0.2) is 0 Å². The van der Waals surface area contributed by atoms with Gasteiger partial charge in [0.05, 0.1) is 17.2 Å². The van der Waals surface area contributed by atoms with Crippen molar-refractivity contribution in [2.24, 2.45) is 0 Å². The van der Waals surface area contributed by atoms with Gasteiger partial charge in [-0.3, -0.25) is 0 Å². The fourth-order valence-electron chi connectivity index (χ4n) is 2.31. The lowest BCUT2D eigenvalue weighted by Crippen LogP contribution is -2.35. The number of nitrogens with one attached hydrogen (secondary N) is 1. The summed E-state index contributed by atoms with van der Waals surface area (Å²) in [5.74, 6) is 0.910. The van der Waals surface area contributed by atoms with Crippen LogP contribution in [0.3, 0.4) is 0 Å². The van der Waals surface area contributed by atoms with Gasteiger partial charge in [0.2, 0.25) is 0 Å². The Labute approximate surface area is 136 Å². The maximum absolute atomic E-state index is 5.85. The van der Waals surface area contributed by atoms with Crippen molar-refractivity contribution in [2.75, 3.05) is 13.2 Å². The zero-order valence-electron chi connectivity index (χ0n) is 13.2. The summed E-state index contributed by atoms with van der Waals surface area (Å²) in [7, 11) is 0. The van der Waals surface area contributed by atoms with Crippen molar-refractivity contribution in [3.05, 3.63) is 28.2 Å². The number of benzene rings is 1. The molecule has 2 rings (SSSR count). The monoisotopic (exact) mass is 355 g/mol. The normalized spacial score (nSPS) is 19.0. The Kier molecular flexibility index (Phi) is 6.08. The second-order valence-electron chi connectivity index (χ2n) is 6.64. The molecular formula is C17H26BrNO2. The summed E-state index contributed by atoms with van der Waals surface area (Å²) in [6.07, 6.45) is 3.71. The smallest absolute Gasteiger partial charge is 0.133 e. The van der Waals surface area contributed by atoms with Crippen LogP contribution in [0.4, 0.5) is 0 Å². The number of rotatable bonds is 6. The molecule has 0 aliphatic carbocycles. The van der Waals surface area contributed by atoms with E-state index in [-0.39, 0.29) is 5.54 Å². The van der Waals surface area contributed by atoms with E-state index in [1.54, 1.807) is 0 Å². The van der Waals surface area contributed by atoms with Gasteiger partial charge in [-0.2, -0.15) is 0 Å². The van der Waals surface area contributed by atoms with Crippen LogP contribution >= 0.6 is 15.9 Å². The predicted octanol–water partition coefficient (Wildman–Crippen LogP) is 4.29. The molecule has 0 saturated carbocycles. The van der Waals surface area contributed by atoms with Crippen LogP contribution in [0.5, 0.6) is 5.75 Å². The number of halogens is 1. The standard InChI is InChI=1S/C17H26BrNO2/c1-17(2,3)19-12-13-6-7-16(15(18)11-13)21-10-8-14-5-4-9-20-14/h6-7,11,14,19H,4-5,8-10,12H2,1-3H3. The van der Waals surface area contributed by atoms with E-state index in [1.165, 1.54) is 18.4 Å². The average molecular weight is 356 g/mol. The van der Waals surface area contributed by atoms with Crippen LogP contribution in [0.2, 0.25) is 0 Å². The summed E-state index contributed by atoms with van der Waals surface area (Å²) in [6.45, 7) is 8.99. The Bertz CT molecular complexity index is 451. The molecule has 0 bridgehead atoms. The quantitative estimate of drug-likeness (QED) is 0.825. The highest BCUT2D eigenvalue weighted by atomic mass is 79.9. The highest BCUT2D eigenvalue weighted by Gasteiger charge is 2.15. The van der Waals surface area contributed by atoms with Gasteiger partial charge in [0.1, 0.15) is 5.75 Å². The third-order valence-corrected chi connectivity index (χ3v) is 4.16. The lowest BCUT2D eigenvalue weighted by atomic mass is 10.1. The molecule has 1 N–H and O–H groups in total. The van der Waals surface area contributed by atoms with E-state index >= 15 is 0 Å². The fraction of sp³-hybridized carbons (Fsp3) is 0.647. The topological polar surface area (TPSA) is 30.5 Å². The molecule has 0 aromatic heterocycles. The Morgan fingerprint density at radius 1 is 1.38 bits per heavy atom. The Balaban J connectivity index is 1.80. The summed E-state index contributed by atoms with van der Waals surface area (Å²) >= 11 is 3.60. The van der Waals surface area contributed by atoms with Crippen LogP contribution in [0.15, 0.2) is 22.7 Å². The molecular weight excluding hydrogens is 330 g/mol. The third kappa shape index (κ3) is 5.97. The Morgan fingerprint density at radius 3 is 2.81 bits per heavy atom. The molecule has 1 aliphatic heterocycles. The molecule has 21 heavy (non-hydrogen) atoms. The van der Waals surface area contributed by atoms with Crippen molar-refractivity contribution in [3.63, 3.8) is 0 Å². The van der Waals surface area contributed by atoms with Gasteiger partial charge in [0.25, 0.3) is 0 Å². The minimum Gasteiger partial charge on any atom is -0.492 e. The molecule has 1 unspecified atom stereocenters. The summed E-state index contributed by atoms with van der Waals surface area (Å²) in [6, 6.07) is 6.28. The number of hydrogen-bond acceptors (Lipinski definition) is 3. The number of ether oxygens (including phenoxy) is 2. The Hall–Kier alpha value is -0.580. The minimum atomic E-state index is 0.128. The minimum absolute atomic E-state index is 0.128. The lowest BCUT2D eigenvalue weighted by molar-refractivity contribution is 0.0902. The third-order valence-electron chi connectivity index (χ3n) is 3.54. The molecule has 118 valence electrons. The van der Waals surface area contributed by atoms with Crippen LogP contribution in [-0.4, -0.2) is 24.9 Å². The maximum atomic E-state index is 5.85. The second kappa shape index (κ2) is 7.61. The van der Waals surface area contributed by atoms with E-state index in [0.717, 1.165) is 29.8 Å². The van der Waals surface area contributed by atoms with Crippen molar-refractivity contribution in [1.82, 2.24) is 5.32 Å². The summed E-state index contributed by atoms with van der Waals surface area (Å²) in [5, 5.41) is 3.49. The first-order valence-corrected chi connectivity index (χ1v) is 8.51. The van der Waals surface area contributed by atoms with Gasteiger partial charge in [0, 0.05) is 25.1 Å². The molecule has 1 aliphatic rings. The van der Waals surface area contributed by atoms with Crippen molar-refractivity contribution in [3.8, 4) is 5.75 Å². The second-order valence-corrected chi connectivity index (χ2v) is 7.49. The number of hydrogen-bond donors (Lipinski definition) is 1. The van der Waals surface area contributed by atoms with E-state index in [9.17, 15) is 0 Å². The Morgan fingerprint density at radius 2 is 2.19 bits per heavy atom. The van der Waals surface area contributed by atoms with Crippen LogP contribution in [0.1, 0.15) is 45.6 Å². The van der Waals surface area contributed by atoms with Gasteiger partial charge in [-0.25, -0.2) is 0 Å². The zero-order valence-corrected chi connectivity index (χ0v) is 14.8. The van der Waals surface area contributed by atoms with Crippen LogP contribution in [0.25, 0.3) is 0 Å². The molecule has 0 amide bonds. The fourth-order valence-corrected chi connectivity index (χ4v) is 2.85. The molecule has 1 aromatic carbocycles. The van der Waals surface area contributed by atoms with E-state index in [2.05, 4.69) is 54.2 Å². The van der Waals surface area contributed by atoms with E-state index < -0.39 is 0 Å². The van der Waals surface area contributed by atoms with Gasteiger partial charge < -0.3 is 14.8 Å².